The maximum Gasteiger partial charge on any atom is 0.573 e. The largest absolute Gasteiger partial charge is 0.573 e. The second-order valence-corrected chi connectivity index (χ2v) is 3.46. The van der Waals surface area contributed by atoms with E-state index < -0.39 is 12.1 Å². The van der Waals surface area contributed by atoms with Crippen molar-refractivity contribution in [2.45, 2.75) is 6.36 Å². The number of rotatable bonds is 2. The molecule has 7 heteroatoms. The highest BCUT2D eigenvalue weighted by molar-refractivity contribution is 7.80. The molecule has 0 spiro atoms. The van der Waals surface area contributed by atoms with Gasteiger partial charge in [-0.2, -0.15) is 0 Å². The maximum absolute atomic E-state index is 11.9. The highest BCUT2D eigenvalue weighted by Crippen LogP contribution is 2.26. The first-order chi connectivity index (χ1) is 6.78. The molecule has 0 heterocycles. The molecule has 0 aliphatic heterocycles. The minimum atomic E-state index is -4.77. The lowest BCUT2D eigenvalue weighted by molar-refractivity contribution is -0.274. The van der Waals surface area contributed by atoms with Gasteiger partial charge in [-0.1, -0.05) is 23.8 Å². The smallest absolute Gasteiger partial charge is 0.406 e. The van der Waals surface area contributed by atoms with Crippen LogP contribution in [-0.2, 0) is 0 Å². The molecule has 15 heavy (non-hydrogen) atoms. The number of nitrogens with two attached hydrogens (primary N) is 1. The predicted molar refractivity (Wildman–Crippen MR) is 54.0 cm³/mol. The van der Waals surface area contributed by atoms with Gasteiger partial charge in [0.25, 0.3) is 0 Å². The lowest BCUT2D eigenvalue weighted by Gasteiger charge is -2.10. The minimum Gasteiger partial charge on any atom is -0.406 e. The molecule has 0 aromatic heterocycles. The molecule has 0 radical (unpaired) electrons. The highest BCUT2D eigenvalue weighted by Gasteiger charge is 2.31. The molecule has 82 valence electrons. The molecule has 0 unspecified atom stereocenters. The van der Waals surface area contributed by atoms with Crippen LogP contribution in [0.5, 0.6) is 5.75 Å². The predicted octanol–water partition coefficient (Wildman–Crippen LogP) is 2.87. The van der Waals surface area contributed by atoms with Gasteiger partial charge < -0.3 is 10.5 Å². The molecule has 1 aromatic rings. The molecule has 2 nitrogen and oxygen atoms in total. The van der Waals surface area contributed by atoms with Crippen molar-refractivity contribution in [2.24, 2.45) is 5.73 Å². The average molecular weight is 256 g/mol. The molecular formula is C8H5ClF3NOS. The van der Waals surface area contributed by atoms with E-state index in [0.29, 0.717) is 0 Å². The van der Waals surface area contributed by atoms with Crippen LogP contribution in [0.25, 0.3) is 0 Å². The van der Waals surface area contributed by atoms with Crippen LogP contribution in [0.4, 0.5) is 13.2 Å². The summed E-state index contributed by atoms with van der Waals surface area (Å²) in [4.78, 5) is -0.0514. The van der Waals surface area contributed by atoms with E-state index in [-0.39, 0.29) is 15.6 Å². The Morgan fingerprint density at radius 3 is 2.40 bits per heavy atom. The normalized spacial score (nSPS) is 11.2. The second-order valence-electron chi connectivity index (χ2n) is 2.59. The van der Waals surface area contributed by atoms with E-state index >= 15 is 0 Å². The Bertz CT molecular complexity index is 394. The van der Waals surface area contributed by atoms with Crippen molar-refractivity contribution in [1.29, 1.82) is 0 Å². The molecule has 0 saturated carbocycles. The Balaban J connectivity index is 3.04. The van der Waals surface area contributed by atoms with Crippen molar-refractivity contribution in [3.8, 4) is 5.75 Å². The molecular weight excluding hydrogens is 251 g/mol. The van der Waals surface area contributed by atoms with Gasteiger partial charge in [0.15, 0.2) is 0 Å². The summed E-state index contributed by atoms with van der Waals surface area (Å²) < 4.78 is 39.3. The summed E-state index contributed by atoms with van der Waals surface area (Å²) in [5.41, 5.74) is 5.47. The summed E-state index contributed by atoms with van der Waals surface area (Å²) in [6.45, 7) is 0. The summed E-state index contributed by atoms with van der Waals surface area (Å²) in [5.74, 6) is -0.446. The molecule has 0 aliphatic carbocycles. The Kier molecular flexibility index (Phi) is 3.41. The van der Waals surface area contributed by atoms with E-state index in [9.17, 15) is 13.2 Å². The quantitative estimate of drug-likeness (QED) is 0.826. The van der Waals surface area contributed by atoms with E-state index in [1.165, 1.54) is 6.07 Å². The number of thiocarbonyl (C=S) groups is 1. The zero-order chi connectivity index (χ0) is 11.6. The minimum absolute atomic E-state index is 0.0514. The van der Waals surface area contributed by atoms with Gasteiger partial charge in [-0.25, -0.2) is 0 Å². The van der Waals surface area contributed by atoms with Gasteiger partial charge in [-0.15, -0.1) is 13.2 Å². The fourth-order valence-corrected chi connectivity index (χ4v) is 1.24. The van der Waals surface area contributed by atoms with Crippen molar-refractivity contribution < 1.29 is 17.9 Å². The molecule has 0 amide bonds. The van der Waals surface area contributed by atoms with Crippen molar-refractivity contribution in [2.75, 3.05) is 0 Å². The van der Waals surface area contributed by atoms with E-state index in [1.807, 2.05) is 0 Å². The Hall–Kier alpha value is -1.01. The average Bonchev–Trinajstić information content (AvgIpc) is 1.99. The van der Waals surface area contributed by atoms with Crippen molar-refractivity contribution in [1.82, 2.24) is 0 Å². The van der Waals surface area contributed by atoms with Gasteiger partial charge in [-0.05, 0) is 18.2 Å². The molecule has 1 rings (SSSR count). The number of halogens is 4. The lowest BCUT2D eigenvalue weighted by Crippen LogP contribution is -2.18. The zero-order valence-electron chi connectivity index (χ0n) is 7.14. The Morgan fingerprint density at radius 1 is 1.33 bits per heavy atom. The SMILES string of the molecule is NC(=S)c1cc(Cl)cc(OC(F)(F)F)c1. The Labute approximate surface area is 93.8 Å². The lowest BCUT2D eigenvalue weighted by atomic mass is 10.2. The van der Waals surface area contributed by atoms with E-state index in [4.69, 9.17) is 17.3 Å². The van der Waals surface area contributed by atoms with Gasteiger partial charge in [0.2, 0.25) is 0 Å². The second kappa shape index (κ2) is 4.24. The molecule has 0 saturated heterocycles. The summed E-state index contributed by atoms with van der Waals surface area (Å²) >= 11 is 10.2. The van der Waals surface area contributed by atoms with Crippen molar-refractivity contribution in [3.63, 3.8) is 0 Å². The molecule has 0 bridgehead atoms. The van der Waals surface area contributed by atoms with Crippen LogP contribution in [0.15, 0.2) is 18.2 Å². The third-order valence-corrected chi connectivity index (χ3v) is 1.84. The number of hydrogen-bond donors (Lipinski definition) is 1. The summed E-state index contributed by atoms with van der Waals surface area (Å²) in [6.07, 6.45) is -4.77. The number of ether oxygens (including phenoxy) is 1. The van der Waals surface area contributed by atoms with Crippen molar-refractivity contribution >= 4 is 28.8 Å². The third kappa shape index (κ3) is 3.93. The van der Waals surface area contributed by atoms with Gasteiger partial charge in [0.1, 0.15) is 10.7 Å². The highest BCUT2D eigenvalue weighted by atomic mass is 35.5. The third-order valence-electron chi connectivity index (χ3n) is 1.39. The van der Waals surface area contributed by atoms with Gasteiger partial charge in [-0.3, -0.25) is 0 Å². The van der Waals surface area contributed by atoms with E-state index in [0.717, 1.165) is 12.1 Å². The molecule has 0 fully saturated rings. The first kappa shape index (κ1) is 12.1. The summed E-state index contributed by atoms with van der Waals surface area (Å²) in [6, 6.07) is 3.45. The number of benzene rings is 1. The number of alkyl halides is 3. The van der Waals surface area contributed by atoms with Crippen LogP contribution in [0.3, 0.4) is 0 Å². The first-order valence-electron chi connectivity index (χ1n) is 3.64. The zero-order valence-corrected chi connectivity index (χ0v) is 8.71. The van der Waals surface area contributed by atoms with Gasteiger partial charge in [0.05, 0.1) is 0 Å². The van der Waals surface area contributed by atoms with Crippen molar-refractivity contribution in [3.05, 3.63) is 28.8 Å². The standard InChI is InChI=1S/C8H5ClF3NOS/c9-5-1-4(7(13)15)2-6(3-5)14-8(10,11)12/h1-3H,(H2,13,15). The summed E-state index contributed by atoms with van der Waals surface area (Å²) in [7, 11) is 0. The monoisotopic (exact) mass is 255 g/mol. The van der Waals surface area contributed by atoms with E-state index in [2.05, 4.69) is 17.0 Å². The van der Waals surface area contributed by atoms with Crippen LogP contribution in [0.1, 0.15) is 5.56 Å². The molecule has 0 aliphatic rings. The Morgan fingerprint density at radius 2 is 1.93 bits per heavy atom. The van der Waals surface area contributed by atoms with Gasteiger partial charge in [0, 0.05) is 10.6 Å². The molecule has 2 N–H and O–H groups in total. The fraction of sp³-hybridized carbons (Fsp3) is 0.125. The molecule has 1 aromatic carbocycles. The fourth-order valence-electron chi connectivity index (χ4n) is 0.898. The van der Waals surface area contributed by atoms with E-state index in [1.54, 1.807) is 0 Å². The van der Waals surface area contributed by atoms with Crippen LogP contribution >= 0.6 is 23.8 Å². The van der Waals surface area contributed by atoms with Crippen LogP contribution in [0.2, 0.25) is 5.02 Å². The molecule has 0 atom stereocenters. The van der Waals surface area contributed by atoms with Crippen LogP contribution in [-0.4, -0.2) is 11.4 Å². The first-order valence-corrected chi connectivity index (χ1v) is 4.43. The van der Waals surface area contributed by atoms with Gasteiger partial charge >= 0.3 is 6.36 Å². The van der Waals surface area contributed by atoms with Crippen LogP contribution < -0.4 is 10.5 Å². The topological polar surface area (TPSA) is 35.2 Å². The van der Waals surface area contributed by atoms with Crippen LogP contribution in [0, 0.1) is 0 Å². The summed E-state index contributed by atoms with van der Waals surface area (Å²) in [5, 5.41) is 0.0690. The number of hydrogen-bond acceptors (Lipinski definition) is 2. The maximum atomic E-state index is 11.9.